The van der Waals surface area contributed by atoms with Gasteiger partial charge in [0.05, 0.1) is 24.5 Å². The molecule has 5 rings (SSSR count). The molecule has 0 unspecified atom stereocenters. The smallest absolute Gasteiger partial charge is 0.336 e. The molecular formula is C23H20O7. The van der Waals surface area contributed by atoms with Gasteiger partial charge in [0.2, 0.25) is 5.75 Å². The lowest BCUT2D eigenvalue weighted by molar-refractivity contribution is 0.0850. The van der Waals surface area contributed by atoms with Crippen LogP contribution in [0.25, 0.3) is 11.0 Å². The molecule has 1 aromatic heterocycles. The van der Waals surface area contributed by atoms with Gasteiger partial charge in [-0.1, -0.05) is 0 Å². The second-order valence-corrected chi connectivity index (χ2v) is 7.50. The first-order valence-corrected chi connectivity index (χ1v) is 9.71. The van der Waals surface area contributed by atoms with Crippen LogP contribution in [0.3, 0.4) is 0 Å². The van der Waals surface area contributed by atoms with Gasteiger partial charge in [0, 0.05) is 11.6 Å². The normalized spacial score (nSPS) is 17.4. The number of hydrogen-bond acceptors (Lipinski definition) is 7. The van der Waals surface area contributed by atoms with Crippen LogP contribution in [0.1, 0.15) is 39.6 Å². The molecule has 2 aliphatic rings. The molecule has 0 aliphatic carbocycles. The summed E-state index contributed by atoms with van der Waals surface area (Å²) < 4.78 is 28.6. The number of methoxy groups -OCH3 is 1. The molecule has 2 aliphatic heterocycles. The van der Waals surface area contributed by atoms with E-state index < -0.39 is 11.7 Å². The lowest BCUT2D eigenvalue weighted by atomic mass is 9.91. The first kappa shape index (κ1) is 18.5. The number of Topliss-reactive ketones (excluding diaryl/α,β-unsaturated/α-hetero) is 1. The van der Waals surface area contributed by atoms with E-state index in [0.29, 0.717) is 58.3 Å². The van der Waals surface area contributed by atoms with Gasteiger partial charge < -0.3 is 23.4 Å². The highest BCUT2D eigenvalue weighted by Crippen LogP contribution is 2.46. The molecule has 3 heterocycles. The van der Waals surface area contributed by atoms with Crippen molar-refractivity contribution in [2.75, 3.05) is 20.3 Å². The van der Waals surface area contributed by atoms with Gasteiger partial charge >= 0.3 is 5.63 Å². The number of fused-ring (bicyclic) bond motifs is 4. The fourth-order valence-electron chi connectivity index (χ4n) is 4.18. The van der Waals surface area contributed by atoms with E-state index in [1.54, 1.807) is 26.2 Å². The number of hydrogen-bond donors (Lipinski definition) is 0. The van der Waals surface area contributed by atoms with Crippen molar-refractivity contribution in [3.63, 3.8) is 0 Å². The zero-order chi connectivity index (χ0) is 21.0. The molecule has 1 atom stereocenters. The van der Waals surface area contributed by atoms with Gasteiger partial charge in [-0.15, -0.1) is 0 Å². The molecule has 0 saturated carbocycles. The monoisotopic (exact) mass is 408 g/mol. The van der Waals surface area contributed by atoms with E-state index in [9.17, 15) is 9.59 Å². The molecule has 7 heteroatoms. The number of benzene rings is 2. The van der Waals surface area contributed by atoms with E-state index >= 15 is 0 Å². The van der Waals surface area contributed by atoms with Gasteiger partial charge in [-0.25, -0.2) is 4.79 Å². The Kier molecular flexibility index (Phi) is 4.20. The van der Waals surface area contributed by atoms with Crippen LogP contribution in [0.4, 0.5) is 0 Å². The first-order chi connectivity index (χ1) is 14.5. The lowest BCUT2D eigenvalue weighted by Gasteiger charge is -2.29. The third-order valence-corrected chi connectivity index (χ3v) is 5.51. The summed E-state index contributed by atoms with van der Waals surface area (Å²) in [6.45, 7) is 4.51. The molecule has 3 aromatic rings. The minimum absolute atomic E-state index is 0.0277. The molecule has 0 N–H and O–H groups in total. The average molecular weight is 408 g/mol. The third-order valence-electron chi connectivity index (χ3n) is 5.51. The zero-order valence-electron chi connectivity index (χ0n) is 16.9. The van der Waals surface area contributed by atoms with Crippen molar-refractivity contribution < 1.29 is 28.2 Å². The summed E-state index contributed by atoms with van der Waals surface area (Å²) in [4.78, 5) is 24.9. The van der Waals surface area contributed by atoms with Crippen molar-refractivity contribution in [2.45, 2.75) is 26.4 Å². The second-order valence-electron chi connectivity index (χ2n) is 7.50. The van der Waals surface area contributed by atoms with Gasteiger partial charge in [-0.2, -0.15) is 0 Å². The number of carbonyl (C=O) groups is 1. The first-order valence-electron chi connectivity index (χ1n) is 9.71. The van der Waals surface area contributed by atoms with Gasteiger partial charge in [-0.3, -0.25) is 4.79 Å². The number of rotatable bonds is 2. The van der Waals surface area contributed by atoms with Crippen molar-refractivity contribution in [3.8, 4) is 23.0 Å². The minimum Gasteiger partial charge on any atom is -0.493 e. The van der Waals surface area contributed by atoms with Gasteiger partial charge in [0.1, 0.15) is 30.7 Å². The summed E-state index contributed by atoms with van der Waals surface area (Å²) in [6.07, 6.45) is -0.358. The van der Waals surface area contributed by atoms with Gasteiger partial charge in [-0.05, 0) is 43.2 Å². The molecule has 0 saturated heterocycles. The fourth-order valence-corrected chi connectivity index (χ4v) is 4.18. The Morgan fingerprint density at radius 3 is 2.57 bits per heavy atom. The highest BCUT2D eigenvalue weighted by molar-refractivity contribution is 6.07. The van der Waals surface area contributed by atoms with Crippen LogP contribution in [0.5, 0.6) is 23.0 Å². The molecule has 154 valence electrons. The van der Waals surface area contributed by atoms with Crippen molar-refractivity contribution in [2.24, 2.45) is 0 Å². The van der Waals surface area contributed by atoms with Crippen LogP contribution in [0, 0.1) is 13.8 Å². The van der Waals surface area contributed by atoms with E-state index in [4.69, 9.17) is 23.4 Å². The van der Waals surface area contributed by atoms with Gasteiger partial charge in [0.15, 0.2) is 17.3 Å². The Bertz CT molecular complexity index is 1240. The van der Waals surface area contributed by atoms with Crippen molar-refractivity contribution in [1.29, 1.82) is 0 Å². The number of ether oxygens (including phenoxy) is 4. The molecule has 0 spiro atoms. The minimum atomic E-state index is -0.536. The summed E-state index contributed by atoms with van der Waals surface area (Å²) in [5, 5.41) is 0.637. The molecule has 30 heavy (non-hydrogen) atoms. The maximum Gasteiger partial charge on any atom is 0.336 e. The molecule has 0 amide bonds. The van der Waals surface area contributed by atoms with Crippen molar-refractivity contribution in [3.05, 3.63) is 56.9 Å². The van der Waals surface area contributed by atoms with E-state index in [1.165, 1.54) is 6.07 Å². The van der Waals surface area contributed by atoms with E-state index in [1.807, 2.05) is 13.0 Å². The quantitative estimate of drug-likeness (QED) is 0.595. The standard InChI is InChI=1S/C23H20O7/c1-11-6-16-21(12(2)7-19(25)29-16)23-20(11)14(24)10-15(30-23)13-8-17(26-3)22-18(9-13)27-4-5-28-22/h6-9,15H,4-5,10H2,1-3H3/t15-/m0/s1. The van der Waals surface area contributed by atoms with Crippen LogP contribution < -0.4 is 24.6 Å². The number of ketones is 1. The van der Waals surface area contributed by atoms with Crippen LogP contribution in [-0.2, 0) is 0 Å². The van der Waals surface area contributed by atoms with Crippen molar-refractivity contribution >= 4 is 16.8 Å². The molecule has 2 aromatic carbocycles. The summed E-state index contributed by atoms with van der Waals surface area (Å²) in [5.41, 5.74) is 2.67. The van der Waals surface area contributed by atoms with Crippen LogP contribution in [0.2, 0.25) is 0 Å². The summed E-state index contributed by atoms with van der Waals surface area (Å²) >= 11 is 0. The van der Waals surface area contributed by atoms with E-state index in [2.05, 4.69) is 0 Å². The largest absolute Gasteiger partial charge is 0.493 e. The van der Waals surface area contributed by atoms with E-state index in [0.717, 1.165) is 11.1 Å². The maximum absolute atomic E-state index is 13.1. The Labute approximate surface area is 172 Å². The molecular weight excluding hydrogens is 388 g/mol. The van der Waals surface area contributed by atoms with Gasteiger partial charge in [0.25, 0.3) is 0 Å². The Morgan fingerprint density at radius 1 is 0.967 bits per heavy atom. The summed E-state index contributed by atoms with van der Waals surface area (Å²) in [6, 6.07) is 6.76. The fraction of sp³-hybridized carbons (Fsp3) is 0.304. The SMILES string of the molecule is COc1cc([C@@H]2CC(=O)c3c(C)cc4oc(=O)cc(C)c4c3O2)cc2c1OCCO2. The maximum atomic E-state index is 13.1. The third kappa shape index (κ3) is 2.81. The Morgan fingerprint density at radius 2 is 1.77 bits per heavy atom. The summed E-state index contributed by atoms with van der Waals surface area (Å²) in [5.74, 6) is 2.06. The van der Waals surface area contributed by atoms with Crippen LogP contribution >= 0.6 is 0 Å². The topological polar surface area (TPSA) is 84.2 Å². The summed E-state index contributed by atoms with van der Waals surface area (Å²) in [7, 11) is 1.56. The highest BCUT2D eigenvalue weighted by atomic mass is 16.6. The highest BCUT2D eigenvalue weighted by Gasteiger charge is 2.33. The second kappa shape index (κ2) is 6.79. The lowest BCUT2D eigenvalue weighted by Crippen LogP contribution is -2.23. The Balaban J connectivity index is 1.67. The van der Waals surface area contributed by atoms with Crippen LogP contribution in [0.15, 0.2) is 33.5 Å². The molecule has 0 bridgehead atoms. The molecule has 0 radical (unpaired) electrons. The zero-order valence-corrected chi connectivity index (χ0v) is 16.9. The molecule has 0 fully saturated rings. The predicted molar refractivity (Wildman–Crippen MR) is 108 cm³/mol. The number of carbonyl (C=O) groups excluding carboxylic acids is 1. The molecule has 7 nitrogen and oxygen atoms in total. The van der Waals surface area contributed by atoms with Crippen molar-refractivity contribution in [1.82, 2.24) is 0 Å². The number of aryl methyl sites for hydroxylation is 2. The van der Waals surface area contributed by atoms with E-state index in [-0.39, 0.29) is 12.2 Å². The predicted octanol–water partition coefficient (Wildman–Crippen LogP) is 3.90. The van der Waals surface area contributed by atoms with Crippen LogP contribution in [-0.4, -0.2) is 26.1 Å². The Hall–Kier alpha value is -3.48. The average Bonchev–Trinajstić information content (AvgIpc) is 2.71.